The lowest BCUT2D eigenvalue weighted by atomic mass is 9.72. The van der Waals surface area contributed by atoms with E-state index in [2.05, 4.69) is 51.8 Å². The van der Waals surface area contributed by atoms with Gasteiger partial charge < -0.3 is 5.32 Å². The van der Waals surface area contributed by atoms with E-state index < -0.39 is 0 Å². The van der Waals surface area contributed by atoms with Gasteiger partial charge in [-0.25, -0.2) is 0 Å². The largest absolute Gasteiger partial charge is 0.314 e. The molecule has 18 heavy (non-hydrogen) atoms. The normalized spacial score (nSPS) is 18.5. The lowest BCUT2D eigenvalue weighted by Crippen LogP contribution is -2.55. The molecule has 1 rings (SSSR count). The quantitative estimate of drug-likeness (QED) is 0.824. The van der Waals surface area contributed by atoms with Crippen LogP contribution >= 0.6 is 0 Å². The van der Waals surface area contributed by atoms with Crippen LogP contribution in [0.3, 0.4) is 0 Å². The van der Waals surface area contributed by atoms with E-state index in [9.17, 15) is 0 Å². The summed E-state index contributed by atoms with van der Waals surface area (Å²) in [4.78, 5) is 2.65. The standard InChI is InChI=1S/C14H30N2.C2H6/c1-12(2)13(3,4)11-14(5,6)16-9-7-15-8-10-16;1-2/h12,15H,7-11H2,1-6H3;1-2H3. The lowest BCUT2D eigenvalue weighted by Gasteiger charge is -2.46. The van der Waals surface area contributed by atoms with Gasteiger partial charge in [-0.3, -0.25) is 4.90 Å². The first-order chi connectivity index (χ1) is 8.26. The van der Waals surface area contributed by atoms with E-state index in [1.807, 2.05) is 13.8 Å². The Balaban J connectivity index is 0.00000137. The van der Waals surface area contributed by atoms with Crippen LogP contribution in [0.5, 0.6) is 0 Å². The van der Waals surface area contributed by atoms with Gasteiger partial charge in [-0.1, -0.05) is 41.5 Å². The third-order valence-corrected chi connectivity index (χ3v) is 4.42. The van der Waals surface area contributed by atoms with E-state index in [1.165, 1.54) is 19.5 Å². The highest BCUT2D eigenvalue weighted by Gasteiger charge is 2.35. The monoisotopic (exact) mass is 256 g/mol. The third kappa shape index (κ3) is 5.27. The highest BCUT2D eigenvalue weighted by molar-refractivity contribution is 4.90. The fraction of sp³-hybridized carbons (Fsp3) is 1.00. The molecule has 0 amide bonds. The SMILES string of the molecule is CC.CC(C)C(C)(C)CC(C)(C)N1CCNCC1. The van der Waals surface area contributed by atoms with Gasteiger partial charge in [-0.05, 0) is 31.6 Å². The number of piperazine rings is 1. The molecule has 0 aliphatic carbocycles. The smallest absolute Gasteiger partial charge is 0.0159 e. The van der Waals surface area contributed by atoms with Crippen molar-refractivity contribution in [3.63, 3.8) is 0 Å². The van der Waals surface area contributed by atoms with Crippen molar-refractivity contribution in [1.29, 1.82) is 0 Å². The van der Waals surface area contributed by atoms with Gasteiger partial charge in [0.1, 0.15) is 0 Å². The predicted molar refractivity (Wildman–Crippen MR) is 83.1 cm³/mol. The fourth-order valence-corrected chi connectivity index (χ4v) is 2.70. The summed E-state index contributed by atoms with van der Waals surface area (Å²) in [5.74, 6) is 0.745. The summed E-state index contributed by atoms with van der Waals surface area (Å²) in [6.07, 6.45) is 1.28. The van der Waals surface area contributed by atoms with Gasteiger partial charge in [-0.2, -0.15) is 0 Å². The molecule has 0 radical (unpaired) electrons. The molecule has 110 valence electrons. The molecule has 0 aromatic heterocycles. The average molecular weight is 256 g/mol. The molecule has 1 aliphatic rings. The van der Waals surface area contributed by atoms with Crippen molar-refractivity contribution in [3.8, 4) is 0 Å². The van der Waals surface area contributed by atoms with E-state index in [1.54, 1.807) is 0 Å². The van der Waals surface area contributed by atoms with E-state index in [4.69, 9.17) is 0 Å². The minimum absolute atomic E-state index is 0.329. The Labute approximate surface area is 116 Å². The molecule has 0 unspecified atom stereocenters. The molecule has 1 saturated heterocycles. The minimum Gasteiger partial charge on any atom is -0.314 e. The summed E-state index contributed by atoms with van der Waals surface area (Å²) >= 11 is 0. The molecule has 1 N–H and O–H groups in total. The zero-order valence-electron chi connectivity index (χ0n) is 14.1. The van der Waals surface area contributed by atoms with Crippen LogP contribution in [0.1, 0.15) is 61.8 Å². The first-order valence-corrected chi connectivity index (χ1v) is 7.71. The van der Waals surface area contributed by atoms with E-state index in [-0.39, 0.29) is 0 Å². The Morgan fingerprint density at radius 2 is 1.44 bits per heavy atom. The van der Waals surface area contributed by atoms with Crippen molar-refractivity contribution >= 4 is 0 Å². The van der Waals surface area contributed by atoms with Crippen LogP contribution in [0.15, 0.2) is 0 Å². The van der Waals surface area contributed by atoms with Crippen LogP contribution in [0.4, 0.5) is 0 Å². The van der Waals surface area contributed by atoms with Crippen LogP contribution in [0.2, 0.25) is 0 Å². The van der Waals surface area contributed by atoms with Crippen molar-refractivity contribution in [2.24, 2.45) is 11.3 Å². The van der Waals surface area contributed by atoms with E-state index in [0.717, 1.165) is 19.0 Å². The Morgan fingerprint density at radius 3 is 1.83 bits per heavy atom. The van der Waals surface area contributed by atoms with Gasteiger partial charge in [0.15, 0.2) is 0 Å². The number of hydrogen-bond donors (Lipinski definition) is 1. The lowest BCUT2D eigenvalue weighted by molar-refractivity contribution is 0.0450. The predicted octanol–water partition coefficient (Wildman–Crippen LogP) is 3.77. The van der Waals surface area contributed by atoms with Gasteiger partial charge in [0, 0.05) is 31.7 Å². The van der Waals surface area contributed by atoms with Gasteiger partial charge in [0.05, 0.1) is 0 Å². The molecule has 0 aromatic rings. The van der Waals surface area contributed by atoms with Gasteiger partial charge >= 0.3 is 0 Å². The first kappa shape index (κ1) is 17.9. The maximum atomic E-state index is 3.43. The zero-order valence-corrected chi connectivity index (χ0v) is 14.1. The Hall–Kier alpha value is -0.0800. The molecule has 2 heteroatoms. The third-order valence-electron chi connectivity index (χ3n) is 4.42. The number of nitrogens with zero attached hydrogens (tertiary/aromatic N) is 1. The van der Waals surface area contributed by atoms with Crippen LogP contribution in [-0.4, -0.2) is 36.6 Å². The van der Waals surface area contributed by atoms with E-state index in [0.29, 0.717) is 11.0 Å². The number of hydrogen-bond acceptors (Lipinski definition) is 2. The summed E-state index contributed by atoms with van der Waals surface area (Å²) in [5.41, 5.74) is 0.754. The molecule has 1 aliphatic heterocycles. The van der Waals surface area contributed by atoms with Crippen molar-refractivity contribution in [2.45, 2.75) is 67.3 Å². The van der Waals surface area contributed by atoms with Gasteiger partial charge in [0.2, 0.25) is 0 Å². The Kier molecular flexibility index (Phi) is 7.46. The molecule has 1 fully saturated rings. The van der Waals surface area contributed by atoms with Gasteiger partial charge in [-0.15, -0.1) is 0 Å². The van der Waals surface area contributed by atoms with Crippen LogP contribution < -0.4 is 5.32 Å². The Morgan fingerprint density at radius 1 is 1.00 bits per heavy atom. The molecule has 0 atom stereocenters. The van der Waals surface area contributed by atoms with Crippen molar-refractivity contribution in [2.75, 3.05) is 26.2 Å². The molecule has 0 spiro atoms. The maximum Gasteiger partial charge on any atom is 0.0159 e. The molecule has 1 heterocycles. The van der Waals surface area contributed by atoms with Crippen LogP contribution in [0, 0.1) is 11.3 Å². The summed E-state index contributed by atoms with van der Waals surface area (Å²) in [6.45, 7) is 23.0. The van der Waals surface area contributed by atoms with Crippen LogP contribution in [0.25, 0.3) is 0 Å². The minimum atomic E-state index is 0.329. The van der Waals surface area contributed by atoms with Crippen LogP contribution in [-0.2, 0) is 0 Å². The Bertz CT molecular complexity index is 213. The topological polar surface area (TPSA) is 15.3 Å². The summed E-state index contributed by atoms with van der Waals surface area (Å²) in [7, 11) is 0. The summed E-state index contributed by atoms with van der Waals surface area (Å²) in [5, 5.41) is 3.43. The number of rotatable bonds is 4. The average Bonchev–Trinajstić information content (AvgIpc) is 2.31. The van der Waals surface area contributed by atoms with Gasteiger partial charge in [0.25, 0.3) is 0 Å². The fourth-order valence-electron chi connectivity index (χ4n) is 2.70. The highest BCUT2D eigenvalue weighted by atomic mass is 15.2. The van der Waals surface area contributed by atoms with Crippen molar-refractivity contribution < 1.29 is 0 Å². The molecule has 2 nitrogen and oxygen atoms in total. The second kappa shape index (κ2) is 7.49. The second-order valence-electron chi connectivity index (χ2n) is 6.87. The first-order valence-electron chi connectivity index (χ1n) is 7.71. The summed E-state index contributed by atoms with van der Waals surface area (Å²) < 4.78 is 0. The molecule has 0 bridgehead atoms. The molecule has 0 aromatic carbocycles. The maximum absolute atomic E-state index is 3.43. The van der Waals surface area contributed by atoms with Crippen molar-refractivity contribution in [1.82, 2.24) is 10.2 Å². The molecular weight excluding hydrogens is 220 g/mol. The number of nitrogens with one attached hydrogen (secondary N) is 1. The van der Waals surface area contributed by atoms with Crippen molar-refractivity contribution in [3.05, 3.63) is 0 Å². The molecule has 0 saturated carbocycles. The zero-order chi connectivity index (χ0) is 14.4. The van der Waals surface area contributed by atoms with E-state index >= 15 is 0 Å². The molecular formula is C16H36N2. The summed E-state index contributed by atoms with van der Waals surface area (Å²) in [6, 6.07) is 0. The second-order valence-corrected chi connectivity index (χ2v) is 6.87. The highest BCUT2D eigenvalue weighted by Crippen LogP contribution is 2.37.